The van der Waals surface area contributed by atoms with Crippen LogP contribution < -0.4 is 0 Å². The van der Waals surface area contributed by atoms with Crippen molar-refractivity contribution in [2.24, 2.45) is 17.8 Å². The number of aromatic nitrogens is 2. The summed E-state index contributed by atoms with van der Waals surface area (Å²) in [7, 11) is 0. The van der Waals surface area contributed by atoms with Crippen molar-refractivity contribution in [3.63, 3.8) is 0 Å². The van der Waals surface area contributed by atoms with Gasteiger partial charge in [0.15, 0.2) is 0 Å². The first-order chi connectivity index (χ1) is 31.4. The predicted octanol–water partition coefficient (Wildman–Crippen LogP) is 17.0. The van der Waals surface area contributed by atoms with Gasteiger partial charge in [-0.25, -0.2) is 4.98 Å². The standard InChI is InChI=1S/C57H109N3O4/c1-7-13-18-28-38-53(36-16-10-4)49-63-56(61)42-32-26-22-20-24-30-40-55(60(48-52(12-6)35-15-9-3)46-34-45-59-47-44-58-51-59)41-31-25-21-23-27-33-43-57(62)64-50-54(37-17-11-5)39-29-19-14-8-2/h44,47,51-55H,7-43,45-46,48-50H2,1-6H3. The molecule has 1 rings (SSSR count). The lowest BCUT2D eigenvalue weighted by molar-refractivity contribution is -0.146. The third kappa shape index (κ3) is 35.3. The molecule has 3 unspecified atom stereocenters. The number of ether oxygens (including phenoxy) is 2. The summed E-state index contributed by atoms with van der Waals surface area (Å²) < 4.78 is 13.8. The molecule has 7 nitrogen and oxygen atoms in total. The lowest BCUT2D eigenvalue weighted by Crippen LogP contribution is -2.40. The summed E-state index contributed by atoms with van der Waals surface area (Å²) in [6.07, 6.45) is 50.4. The van der Waals surface area contributed by atoms with Crippen LogP contribution in [0.1, 0.15) is 279 Å². The lowest BCUT2D eigenvalue weighted by Gasteiger charge is -2.35. The maximum absolute atomic E-state index is 12.6. The Morgan fingerprint density at radius 3 is 1.33 bits per heavy atom. The fourth-order valence-corrected chi connectivity index (χ4v) is 9.66. The van der Waals surface area contributed by atoms with E-state index in [1.807, 2.05) is 12.5 Å². The molecule has 0 amide bonds. The molecule has 64 heavy (non-hydrogen) atoms. The van der Waals surface area contributed by atoms with E-state index in [-0.39, 0.29) is 11.9 Å². The van der Waals surface area contributed by atoms with Crippen molar-refractivity contribution in [2.45, 2.75) is 292 Å². The zero-order chi connectivity index (χ0) is 46.6. The zero-order valence-corrected chi connectivity index (χ0v) is 43.7. The third-order valence-corrected chi connectivity index (χ3v) is 14.1. The van der Waals surface area contributed by atoms with Crippen LogP contribution >= 0.6 is 0 Å². The molecule has 0 spiro atoms. The Morgan fingerprint density at radius 1 is 0.484 bits per heavy atom. The van der Waals surface area contributed by atoms with Gasteiger partial charge in [-0.3, -0.25) is 9.59 Å². The molecule has 1 aromatic heterocycles. The van der Waals surface area contributed by atoms with E-state index in [2.05, 4.69) is 62.2 Å². The second kappa shape index (κ2) is 44.9. The lowest BCUT2D eigenvalue weighted by atomic mass is 9.94. The molecule has 0 saturated heterocycles. The summed E-state index contributed by atoms with van der Waals surface area (Å²) in [5.74, 6) is 1.89. The topological polar surface area (TPSA) is 73.7 Å². The van der Waals surface area contributed by atoms with Gasteiger partial charge in [-0.2, -0.15) is 0 Å². The summed E-state index contributed by atoms with van der Waals surface area (Å²) in [4.78, 5) is 32.5. The minimum atomic E-state index is 0.0184. The van der Waals surface area contributed by atoms with Crippen LogP contribution in [0.4, 0.5) is 0 Å². The van der Waals surface area contributed by atoms with Crippen molar-refractivity contribution >= 4 is 11.9 Å². The molecule has 0 aliphatic carbocycles. The number of carbonyl (C=O) groups excluding carboxylic acids is 2. The molecule has 1 heterocycles. The predicted molar refractivity (Wildman–Crippen MR) is 275 cm³/mol. The van der Waals surface area contributed by atoms with Gasteiger partial charge in [-0.05, 0) is 82.0 Å². The van der Waals surface area contributed by atoms with Gasteiger partial charge >= 0.3 is 11.9 Å². The van der Waals surface area contributed by atoms with E-state index in [1.165, 1.54) is 206 Å². The van der Waals surface area contributed by atoms with Gasteiger partial charge in [0.2, 0.25) is 0 Å². The minimum Gasteiger partial charge on any atom is -0.465 e. The van der Waals surface area contributed by atoms with Gasteiger partial charge in [-0.15, -0.1) is 0 Å². The monoisotopic (exact) mass is 900 g/mol. The van der Waals surface area contributed by atoms with Crippen LogP contribution in [-0.4, -0.2) is 58.7 Å². The van der Waals surface area contributed by atoms with Crippen molar-refractivity contribution in [3.8, 4) is 0 Å². The average Bonchev–Trinajstić information content (AvgIpc) is 3.83. The number of aryl methyl sites for hydroxylation is 1. The molecule has 0 N–H and O–H groups in total. The molecule has 0 bridgehead atoms. The molecule has 0 aliphatic heterocycles. The Balaban J connectivity index is 2.60. The molecule has 376 valence electrons. The van der Waals surface area contributed by atoms with E-state index in [9.17, 15) is 9.59 Å². The Labute approximate surface area is 398 Å². The van der Waals surface area contributed by atoms with Gasteiger partial charge in [-0.1, -0.05) is 202 Å². The summed E-state index contributed by atoms with van der Waals surface area (Å²) in [5.41, 5.74) is 0. The highest BCUT2D eigenvalue weighted by atomic mass is 16.5. The van der Waals surface area contributed by atoms with Crippen LogP contribution in [-0.2, 0) is 25.6 Å². The molecule has 0 aliphatic rings. The fourth-order valence-electron chi connectivity index (χ4n) is 9.66. The molecular weight excluding hydrogens is 791 g/mol. The number of esters is 2. The number of carbonyl (C=O) groups is 2. The number of imidazole rings is 1. The molecule has 0 aromatic carbocycles. The molecule has 0 saturated carbocycles. The first kappa shape index (κ1) is 60.1. The molecule has 0 fully saturated rings. The summed E-state index contributed by atoms with van der Waals surface area (Å²) in [6.45, 7) is 18.4. The largest absolute Gasteiger partial charge is 0.465 e. The van der Waals surface area contributed by atoms with Crippen molar-refractivity contribution in [1.29, 1.82) is 0 Å². The number of nitrogens with zero attached hydrogens (tertiary/aromatic N) is 3. The zero-order valence-electron chi connectivity index (χ0n) is 43.7. The second-order valence-corrected chi connectivity index (χ2v) is 20.1. The fraction of sp³-hybridized carbons (Fsp3) is 0.912. The van der Waals surface area contributed by atoms with Crippen LogP contribution in [0, 0.1) is 17.8 Å². The van der Waals surface area contributed by atoms with Gasteiger partial charge < -0.3 is 18.9 Å². The smallest absolute Gasteiger partial charge is 0.305 e. The normalized spacial score (nSPS) is 13.6. The highest BCUT2D eigenvalue weighted by Gasteiger charge is 2.22. The van der Waals surface area contributed by atoms with Crippen LogP contribution in [0.15, 0.2) is 18.7 Å². The van der Waals surface area contributed by atoms with E-state index >= 15 is 0 Å². The van der Waals surface area contributed by atoms with Crippen LogP contribution in [0.25, 0.3) is 0 Å². The minimum absolute atomic E-state index is 0.0184. The van der Waals surface area contributed by atoms with Crippen LogP contribution in [0.3, 0.4) is 0 Å². The summed E-state index contributed by atoms with van der Waals surface area (Å²) in [6, 6.07) is 0.642. The van der Waals surface area contributed by atoms with Crippen LogP contribution in [0.2, 0.25) is 0 Å². The number of unbranched alkanes of at least 4 members (excludes halogenated alkanes) is 19. The van der Waals surface area contributed by atoms with Crippen molar-refractivity contribution in [2.75, 3.05) is 26.3 Å². The van der Waals surface area contributed by atoms with E-state index in [1.54, 1.807) is 0 Å². The Bertz CT molecular complexity index is 1070. The average molecular weight is 901 g/mol. The maximum Gasteiger partial charge on any atom is 0.305 e. The van der Waals surface area contributed by atoms with Gasteiger partial charge in [0, 0.05) is 50.9 Å². The highest BCUT2D eigenvalue weighted by Crippen LogP contribution is 2.25. The number of rotatable bonds is 49. The first-order valence-corrected chi connectivity index (χ1v) is 28.4. The second-order valence-electron chi connectivity index (χ2n) is 20.1. The van der Waals surface area contributed by atoms with E-state index in [4.69, 9.17) is 9.47 Å². The molecule has 7 heteroatoms. The van der Waals surface area contributed by atoms with Gasteiger partial charge in [0.1, 0.15) is 0 Å². The quantitative estimate of drug-likeness (QED) is 0.0479. The molecule has 3 atom stereocenters. The Kier molecular flexibility index (Phi) is 42.2. The van der Waals surface area contributed by atoms with E-state index in [0.717, 1.165) is 44.7 Å². The SMILES string of the molecule is CCCCCCC(CCCC)COC(=O)CCCCCCCCC(CCCCCCCCC(=O)OCC(CCCC)CCCCCC)N(CCCn1ccnc1)CC(CC)CCCC. The summed E-state index contributed by atoms with van der Waals surface area (Å²) in [5, 5.41) is 0. The number of hydrogen-bond donors (Lipinski definition) is 0. The Morgan fingerprint density at radius 2 is 0.891 bits per heavy atom. The summed E-state index contributed by atoms with van der Waals surface area (Å²) >= 11 is 0. The van der Waals surface area contributed by atoms with Crippen molar-refractivity contribution in [3.05, 3.63) is 18.7 Å². The maximum atomic E-state index is 12.6. The first-order valence-electron chi connectivity index (χ1n) is 28.4. The number of hydrogen-bond acceptors (Lipinski definition) is 6. The van der Waals surface area contributed by atoms with Crippen LogP contribution in [0.5, 0.6) is 0 Å². The molecular formula is C57H109N3O4. The third-order valence-electron chi connectivity index (χ3n) is 14.1. The van der Waals surface area contributed by atoms with E-state index < -0.39 is 0 Å². The van der Waals surface area contributed by atoms with Gasteiger partial charge in [0.05, 0.1) is 19.5 Å². The molecule has 1 aromatic rings. The van der Waals surface area contributed by atoms with Crippen molar-refractivity contribution < 1.29 is 19.1 Å². The Hall–Kier alpha value is -1.89. The highest BCUT2D eigenvalue weighted by molar-refractivity contribution is 5.69. The molecule has 0 radical (unpaired) electrons. The van der Waals surface area contributed by atoms with Gasteiger partial charge in [0.25, 0.3) is 0 Å². The van der Waals surface area contributed by atoms with E-state index in [0.29, 0.717) is 43.9 Å². The van der Waals surface area contributed by atoms with Crippen molar-refractivity contribution in [1.82, 2.24) is 14.5 Å².